The summed E-state index contributed by atoms with van der Waals surface area (Å²) in [7, 11) is 4.26. The third kappa shape index (κ3) is 5.30. The van der Waals surface area contributed by atoms with Gasteiger partial charge in [0.1, 0.15) is 17.8 Å². The van der Waals surface area contributed by atoms with Crippen LogP contribution in [0.15, 0.2) is 18.6 Å². The van der Waals surface area contributed by atoms with Crippen LogP contribution in [0.5, 0.6) is 0 Å². The first-order valence-electron chi connectivity index (χ1n) is 11.6. The number of H-pyrrole nitrogens is 1. The highest BCUT2D eigenvalue weighted by Gasteiger charge is 2.30. The molecule has 2 aromatic rings. The van der Waals surface area contributed by atoms with Gasteiger partial charge in [-0.2, -0.15) is 0 Å². The minimum Gasteiger partial charge on any atom is -0.356 e. The van der Waals surface area contributed by atoms with Gasteiger partial charge in [0.2, 0.25) is 0 Å². The van der Waals surface area contributed by atoms with Crippen molar-refractivity contribution in [3.8, 4) is 0 Å². The highest BCUT2D eigenvalue weighted by Crippen LogP contribution is 2.34. The van der Waals surface area contributed by atoms with E-state index in [9.17, 15) is 0 Å². The number of aromatic amines is 1. The fraction of sp³-hybridized carbons (Fsp3) is 0.750. The monoisotopic (exact) mass is 399 g/mol. The molecule has 0 spiro atoms. The van der Waals surface area contributed by atoms with Gasteiger partial charge < -0.3 is 15.2 Å². The van der Waals surface area contributed by atoms with Crippen molar-refractivity contribution in [2.45, 2.75) is 78.3 Å². The van der Waals surface area contributed by atoms with Gasteiger partial charge in [0.25, 0.3) is 0 Å². The molecule has 2 aliphatic carbocycles. The Morgan fingerprint density at radius 2 is 1.66 bits per heavy atom. The fourth-order valence-electron chi connectivity index (χ4n) is 5.27. The molecule has 0 saturated heterocycles. The number of hydrogen-bond acceptors (Lipinski definition) is 4. The molecule has 29 heavy (non-hydrogen) atoms. The number of fused-ring (bicyclic) bond motifs is 1. The Kier molecular flexibility index (Phi) is 7.55. The van der Waals surface area contributed by atoms with Crippen LogP contribution >= 0.6 is 0 Å². The number of anilines is 1. The van der Waals surface area contributed by atoms with Crippen LogP contribution in [0.2, 0.25) is 0 Å². The summed E-state index contributed by atoms with van der Waals surface area (Å²) in [5.74, 6) is 4.42. The second-order valence-electron chi connectivity index (χ2n) is 9.80. The molecule has 6 atom stereocenters. The van der Waals surface area contributed by atoms with Crippen LogP contribution in [0.4, 0.5) is 5.82 Å². The van der Waals surface area contributed by atoms with Gasteiger partial charge in [-0.1, -0.05) is 40.5 Å². The van der Waals surface area contributed by atoms with Crippen LogP contribution in [0.3, 0.4) is 0 Å². The Bertz CT molecular complexity index is 757. The smallest absolute Gasteiger partial charge is 0.142 e. The summed E-state index contributed by atoms with van der Waals surface area (Å²) in [5.41, 5.74) is 0.924. The molecule has 0 aromatic carbocycles. The summed E-state index contributed by atoms with van der Waals surface area (Å²) in [4.78, 5) is 14.3. The van der Waals surface area contributed by atoms with Gasteiger partial charge in [-0.15, -0.1) is 0 Å². The molecule has 2 saturated carbocycles. The Morgan fingerprint density at radius 1 is 0.966 bits per heavy atom. The van der Waals surface area contributed by atoms with Crippen LogP contribution < -0.4 is 10.2 Å². The number of hydrogen-bond donors (Lipinski definition) is 2. The van der Waals surface area contributed by atoms with E-state index in [1.807, 2.05) is 6.20 Å². The van der Waals surface area contributed by atoms with Gasteiger partial charge in [-0.3, -0.25) is 0 Å². The second kappa shape index (κ2) is 9.92. The van der Waals surface area contributed by atoms with E-state index in [0.717, 1.165) is 46.6 Å². The number of rotatable bonds is 3. The number of nitrogens with zero attached hydrogens (tertiary/aromatic N) is 3. The molecule has 2 fully saturated rings. The highest BCUT2D eigenvalue weighted by atomic mass is 15.2. The van der Waals surface area contributed by atoms with Crippen molar-refractivity contribution in [1.82, 2.24) is 20.3 Å². The van der Waals surface area contributed by atoms with Gasteiger partial charge in [0.15, 0.2) is 0 Å². The molecule has 0 amide bonds. The van der Waals surface area contributed by atoms with Gasteiger partial charge in [0.05, 0.1) is 5.39 Å². The molecule has 0 bridgehead atoms. The zero-order valence-corrected chi connectivity index (χ0v) is 19.3. The lowest BCUT2D eigenvalue weighted by molar-refractivity contribution is 0.238. The molecule has 4 rings (SSSR count). The topological polar surface area (TPSA) is 56.8 Å². The van der Waals surface area contributed by atoms with Crippen LogP contribution in [-0.2, 0) is 0 Å². The van der Waals surface area contributed by atoms with E-state index in [1.165, 1.54) is 38.5 Å². The lowest BCUT2D eigenvalue weighted by Crippen LogP contribution is -2.41. The predicted molar refractivity (Wildman–Crippen MR) is 123 cm³/mol. The van der Waals surface area contributed by atoms with Crippen LogP contribution in [0.1, 0.15) is 66.2 Å². The second-order valence-corrected chi connectivity index (χ2v) is 9.80. The van der Waals surface area contributed by atoms with E-state index in [2.05, 4.69) is 73.0 Å². The van der Waals surface area contributed by atoms with Crippen molar-refractivity contribution in [2.75, 3.05) is 19.0 Å². The summed E-state index contributed by atoms with van der Waals surface area (Å²) in [6, 6.07) is 3.43. The van der Waals surface area contributed by atoms with Crippen molar-refractivity contribution in [2.24, 2.45) is 23.7 Å². The molecule has 5 nitrogen and oxygen atoms in total. The maximum absolute atomic E-state index is 4.51. The molecule has 0 aliphatic heterocycles. The summed E-state index contributed by atoms with van der Waals surface area (Å²) in [6.07, 6.45) is 11.7. The largest absolute Gasteiger partial charge is 0.356 e. The zero-order chi connectivity index (χ0) is 21.0. The maximum Gasteiger partial charge on any atom is 0.142 e. The SMILES string of the molecule is CC1CCC(C)C(N(C)c2ncnc3[nH]ccc23)C1.CNC1CC(C)CCC1C. The van der Waals surface area contributed by atoms with Gasteiger partial charge >= 0.3 is 0 Å². The number of nitrogens with one attached hydrogen (secondary N) is 2. The van der Waals surface area contributed by atoms with Crippen molar-refractivity contribution < 1.29 is 0 Å². The third-order valence-electron chi connectivity index (χ3n) is 7.41. The van der Waals surface area contributed by atoms with Gasteiger partial charge in [-0.05, 0) is 62.5 Å². The molecule has 0 radical (unpaired) electrons. The molecule has 5 heteroatoms. The first-order valence-corrected chi connectivity index (χ1v) is 11.6. The van der Waals surface area contributed by atoms with Crippen LogP contribution in [0, 0.1) is 23.7 Å². The summed E-state index contributed by atoms with van der Waals surface area (Å²) < 4.78 is 0. The number of aromatic nitrogens is 3. The van der Waals surface area contributed by atoms with E-state index >= 15 is 0 Å². The quantitative estimate of drug-likeness (QED) is 0.740. The third-order valence-corrected chi connectivity index (χ3v) is 7.41. The van der Waals surface area contributed by atoms with Gasteiger partial charge in [-0.25, -0.2) is 9.97 Å². The lowest BCUT2D eigenvalue weighted by atomic mass is 9.79. The van der Waals surface area contributed by atoms with E-state index in [4.69, 9.17) is 0 Å². The Hall–Kier alpha value is -1.62. The average Bonchev–Trinajstić information content (AvgIpc) is 3.20. The molecular weight excluding hydrogens is 358 g/mol. The Labute approximate surface area is 177 Å². The summed E-state index contributed by atoms with van der Waals surface area (Å²) >= 11 is 0. The first kappa shape index (κ1) is 22.1. The van der Waals surface area contributed by atoms with Crippen molar-refractivity contribution in [1.29, 1.82) is 0 Å². The molecule has 162 valence electrons. The fourth-order valence-corrected chi connectivity index (χ4v) is 5.27. The molecule has 2 aromatic heterocycles. The first-order chi connectivity index (χ1) is 13.9. The van der Waals surface area contributed by atoms with Crippen LogP contribution in [0.25, 0.3) is 11.0 Å². The predicted octanol–water partition coefficient (Wildman–Crippen LogP) is 5.25. The van der Waals surface area contributed by atoms with Crippen molar-refractivity contribution >= 4 is 16.9 Å². The molecule has 6 unspecified atom stereocenters. The molecule has 2 heterocycles. The zero-order valence-electron chi connectivity index (χ0n) is 19.3. The van der Waals surface area contributed by atoms with Crippen molar-refractivity contribution in [3.63, 3.8) is 0 Å². The molecular formula is C24H41N5. The van der Waals surface area contributed by atoms with E-state index in [-0.39, 0.29) is 0 Å². The Morgan fingerprint density at radius 3 is 2.34 bits per heavy atom. The van der Waals surface area contributed by atoms with Gasteiger partial charge in [0, 0.05) is 25.3 Å². The standard InChI is InChI=1S/C15H22N4.C9H19N/c1-10-4-5-11(2)13(8-10)19(3)15-12-6-7-16-14(12)17-9-18-15;1-7-4-5-8(2)9(6-7)10-3/h6-7,9-11,13H,4-5,8H2,1-3H3,(H,16,17,18);7-10H,4-6H2,1-3H3. The lowest BCUT2D eigenvalue weighted by Gasteiger charge is -2.39. The van der Waals surface area contributed by atoms with E-state index in [0.29, 0.717) is 6.04 Å². The minimum atomic E-state index is 0.580. The molecule has 2 aliphatic rings. The summed E-state index contributed by atoms with van der Waals surface area (Å²) in [5, 5.41) is 4.50. The normalized spacial score (nSPS) is 32.5. The van der Waals surface area contributed by atoms with E-state index < -0.39 is 0 Å². The van der Waals surface area contributed by atoms with Crippen molar-refractivity contribution in [3.05, 3.63) is 18.6 Å². The minimum absolute atomic E-state index is 0.580. The molecule has 2 N–H and O–H groups in total. The maximum atomic E-state index is 4.51. The highest BCUT2D eigenvalue weighted by molar-refractivity contribution is 5.87. The van der Waals surface area contributed by atoms with Crippen LogP contribution in [-0.4, -0.2) is 41.1 Å². The summed E-state index contributed by atoms with van der Waals surface area (Å²) in [6.45, 7) is 9.43. The average molecular weight is 400 g/mol. The van der Waals surface area contributed by atoms with E-state index in [1.54, 1.807) is 6.33 Å². The Balaban J connectivity index is 0.000000204.